The first-order chi connectivity index (χ1) is 12.8. The summed E-state index contributed by atoms with van der Waals surface area (Å²) in [4.78, 5) is 4.33. The number of aromatic nitrogens is 1. The highest BCUT2D eigenvalue weighted by Gasteiger charge is 2.52. The van der Waals surface area contributed by atoms with Crippen LogP contribution >= 0.6 is 11.9 Å². The normalized spacial score (nSPS) is 17.6. The van der Waals surface area contributed by atoms with Crippen molar-refractivity contribution in [1.29, 1.82) is 0 Å². The van der Waals surface area contributed by atoms with Gasteiger partial charge in [0.15, 0.2) is 0 Å². The summed E-state index contributed by atoms with van der Waals surface area (Å²) < 4.78 is 41.6. The van der Waals surface area contributed by atoms with E-state index in [1.165, 1.54) is 6.20 Å². The monoisotopic (exact) mass is 418 g/mol. The lowest BCUT2D eigenvalue weighted by molar-refractivity contribution is 0.00578. The Kier molecular flexibility index (Phi) is 10.6. The molecule has 1 aromatic rings. The van der Waals surface area contributed by atoms with E-state index in [-0.39, 0.29) is 11.2 Å². The van der Waals surface area contributed by atoms with Crippen molar-refractivity contribution < 1.29 is 18.1 Å². The molecule has 1 saturated heterocycles. The topological polar surface area (TPSA) is 43.4 Å². The molecule has 1 N–H and O–H groups in total. The van der Waals surface area contributed by atoms with Gasteiger partial charge in [0.05, 0.1) is 11.2 Å². The number of halogens is 2. The van der Waals surface area contributed by atoms with Gasteiger partial charge in [0.2, 0.25) is 0 Å². The Morgan fingerprint density at radius 3 is 1.89 bits per heavy atom. The van der Waals surface area contributed by atoms with Crippen LogP contribution in [0.3, 0.4) is 0 Å². The highest BCUT2D eigenvalue weighted by atomic mass is 32.2. The first-order valence-corrected chi connectivity index (χ1v) is 10.7. The van der Waals surface area contributed by atoms with Crippen molar-refractivity contribution in [2.24, 2.45) is 0 Å². The summed E-state index contributed by atoms with van der Waals surface area (Å²) in [6.07, 6.45) is -1.23. The maximum absolute atomic E-state index is 13.2. The largest absolute Gasteiger partial charge is 0.496 e. The number of pyridine rings is 1. The fourth-order valence-corrected chi connectivity index (χ4v) is 2.89. The van der Waals surface area contributed by atoms with Crippen molar-refractivity contribution in [1.82, 2.24) is 9.71 Å². The minimum atomic E-state index is -2.64. The molecule has 1 fully saturated rings. The van der Waals surface area contributed by atoms with Gasteiger partial charge < -0.3 is 9.31 Å². The van der Waals surface area contributed by atoms with Crippen molar-refractivity contribution >= 4 is 24.5 Å². The Bertz CT molecular complexity index is 592. The average Bonchev–Trinajstić information content (AvgIpc) is 2.83. The summed E-state index contributed by atoms with van der Waals surface area (Å²) in [5.74, 6) is 0. The van der Waals surface area contributed by atoms with Crippen molar-refractivity contribution in [3.05, 3.63) is 18.0 Å². The molecule has 2 heterocycles. The number of nitrogens with one attached hydrogen (secondary N) is 1. The fourth-order valence-electron chi connectivity index (χ4n) is 2.03. The van der Waals surface area contributed by atoms with Crippen LogP contribution in [-0.2, 0) is 9.31 Å². The molecule has 0 amide bonds. The van der Waals surface area contributed by atoms with Gasteiger partial charge in [0.25, 0.3) is 6.43 Å². The predicted octanol–water partition coefficient (Wildman–Crippen LogP) is 5.77. The molecule has 8 heteroatoms. The highest BCUT2D eigenvalue weighted by molar-refractivity contribution is 7.97. The van der Waals surface area contributed by atoms with E-state index < -0.39 is 24.7 Å². The quantitative estimate of drug-likeness (QED) is 0.497. The van der Waals surface area contributed by atoms with Crippen LogP contribution in [0.5, 0.6) is 0 Å². The van der Waals surface area contributed by atoms with Gasteiger partial charge in [-0.15, -0.1) is 0 Å². The number of nitrogens with zero attached hydrogens (tertiary/aromatic N) is 1. The third-order valence-electron chi connectivity index (χ3n) is 4.10. The minimum Gasteiger partial charge on any atom is -0.399 e. The first kappa shape index (κ1) is 27.3. The Labute approximate surface area is 174 Å². The molecular formula is C20H37BF2N2O2S. The van der Waals surface area contributed by atoms with E-state index in [0.29, 0.717) is 10.4 Å². The summed E-state index contributed by atoms with van der Waals surface area (Å²) in [5, 5.41) is 0. The van der Waals surface area contributed by atoms with Gasteiger partial charge in [-0.05, 0) is 66.5 Å². The molecule has 4 nitrogen and oxygen atoms in total. The molecule has 1 aliphatic heterocycles. The smallest absolute Gasteiger partial charge is 0.399 e. The third kappa shape index (κ3) is 7.28. The molecule has 0 atom stereocenters. The molecule has 0 aliphatic carbocycles. The van der Waals surface area contributed by atoms with E-state index in [1.807, 2.05) is 76.2 Å². The molecule has 2 rings (SSSR count). The SMILES string of the molecule is CC.CC.CC(C)(C)NSc1cc(B2OC(C)(C)C(C)(C)O2)cnc1C(F)F. The molecule has 0 spiro atoms. The van der Waals surface area contributed by atoms with Crippen LogP contribution in [0, 0.1) is 0 Å². The molecule has 0 aromatic carbocycles. The van der Waals surface area contributed by atoms with E-state index in [9.17, 15) is 8.78 Å². The molecule has 1 aromatic heterocycles. The second kappa shape index (κ2) is 10.9. The summed E-state index contributed by atoms with van der Waals surface area (Å²) in [5.41, 5.74) is -0.801. The maximum atomic E-state index is 13.2. The molecule has 0 saturated carbocycles. The second-order valence-corrected chi connectivity index (χ2v) is 8.84. The van der Waals surface area contributed by atoms with Gasteiger partial charge >= 0.3 is 7.12 Å². The van der Waals surface area contributed by atoms with Crippen LogP contribution in [0.2, 0.25) is 0 Å². The van der Waals surface area contributed by atoms with E-state index >= 15 is 0 Å². The van der Waals surface area contributed by atoms with Crippen LogP contribution in [0.25, 0.3) is 0 Å². The van der Waals surface area contributed by atoms with Crippen LogP contribution < -0.4 is 10.2 Å². The lowest BCUT2D eigenvalue weighted by atomic mass is 9.80. The molecule has 0 unspecified atom stereocenters. The maximum Gasteiger partial charge on any atom is 0.496 e. The van der Waals surface area contributed by atoms with Crippen molar-refractivity contribution in [3.63, 3.8) is 0 Å². The lowest BCUT2D eigenvalue weighted by Gasteiger charge is -2.32. The second-order valence-electron chi connectivity index (χ2n) is 8.00. The van der Waals surface area contributed by atoms with Crippen LogP contribution in [0.15, 0.2) is 17.2 Å². The zero-order chi connectivity index (χ0) is 22.3. The van der Waals surface area contributed by atoms with E-state index in [4.69, 9.17) is 9.31 Å². The van der Waals surface area contributed by atoms with Gasteiger partial charge in [-0.2, -0.15) is 0 Å². The molecule has 162 valence electrons. The van der Waals surface area contributed by atoms with Crippen molar-refractivity contribution in [2.75, 3.05) is 0 Å². The Balaban J connectivity index is 0.00000171. The number of alkyl halides is 2. The van der Waals surface area contributed by atoms with Gasteiger partial charge in [-0.25, -0.2) is 8.78 Å². The summed E-state index contributed by atoms with van der Waals surface area (Å²) >= 11 is 1.15. The summed E-state index contributed by atoms with van der Waals surface area (Å²) in [6.45, 7) is 21.7. The Hall–Kier alpha value is -0.695. The standard InChI is InChI=1S/C16H25BF2N2O2S.2C2H6/c1-14(2,3)21-24-11-8-10(9-20-12(11)13(18)19)17-22-15(4,5)16(6,7)23-17;2*1-2/h8-9,13,21H,1-7H3;2*1-2H3. The number of rotatable bonds is 4. The highest BCUT2D eigenvalue weighted by Crippen LogP contribution is 2.37. The van der Waals surface area contributed by atoms with Crippen LogP contribution in [0.4, 0.5) is 8.78 Å². The van der Waals surface area contributed by atoms with E-state index in [1.54, 1.807) is 6.07 Å². The van der Waals surface area contributed by atoms with Crippen molar-refractivity contribution in [2.45, 2.75) is 104 Å². The first-order valence-electron chi connectivity index (χ1n) is 9.90. The molecule has 28 heavy (non-hydrogen) atoms. The zero-order valence-corrected chi connectivity index (χ0v) is 20.1. The summed E-state index contributed by atoms with van der Waals surface area (Å²) in [6, 6.07) is 1.67. The Morgan fingerprint density at radius 1 is 1.04 bits per heavy atom. The minimum absolute atomic E-state index is 0.218. The number of hydrogen-bond acceptors (Lipinski definition) is 5. The summed E-state index contributed by atoms with van der Waals surface area (Å²) in [7, 11) is -0.622. The molecule has 1 aliphatic rings. The average molecular weight is 418 g/mol. The number of hydrogen-bond donors (Lipinski definition) is 1. The van der Waals surface area contributed by atoms with Crippen molar-refractivity contribution in [3.8, 4) is 0 Å². The molecule has 0 radical (unpaired) electrons. The van der Waals surface area contributed by atoms with E-state index in [2.05, 4.69) is 9.71 Å². The zero-order valence-electron chi connectivity index (χ0n) is 19.2. The van der Waals surface area contributed by atoms with Gasteiger partial charge in [-0.1, -0.05) is 27.7 Å². The molecular weight excluding hydrogens is 381 g/mol. The van der Waals surface area contributed by atoms with E-state index in [0.717, 1.165) is 11.9 Å². The van der Waals surface area contributed by atoms with Gasteiger partial charge in [0.1, 0.15) is 5.69 Å². The van der Waals surface area contributed by atoms with Crippen LogP contribution in [0.1, 0.15) is 88.3 Å². The Morgan fingerprint density at radius 2 is 1.50 bits per heavy atom. The lowest BCUT2D eigenvalue weighted by Crippen LogP contribution is -2.41. The molecule has 0 bridgehead atoms. The fraction of sp³-hybridized carbons (Fsp3) is 0.750. The predicted molar refractivity (Wildman–Crippen MR) is 116 cm³/mol. The third-order valence-corrected chi connectivity index (χ3v) is 5.36. The van der Waals surface area contributed by atoms with Crippen LogP contribution in [-0.4, -0.2) is 28.8 Å². The van der Waals surface area contributed by atoms with Gasteiger partial charge in [0, 0.05) is 22.1 Å². The van der Waals surface area contributed by atoms with Gasteiger partial charge in [-0.3, -0.25) is 9.71 Å².